The minimum atomic E-state index is -4.96. The molecule has 0 aliphatic rings. The number of rotatable bonds is 76. The zero-order chi connectivity index (χ0) is 69.8. The fraction of sp³-hybridized carbons (Fsp3) is 0.947. The van der Waals surface area contributed by atoms with E-state index in [4.69, 9.17) is 37.0 Å². The zero-order valence-electron chi connectivity index (χ0n) is 61.8. The number of phosphoric ester groups is 2. The number of carbonyl (C=O) groups excluding carboxylic acids is 4. The first-order valence-corrected chi connectivity index (χ1v) is 42.6. The summed E-state index contributed by atoms with van der Waals surface area (Å²) in [7, 11) is -9.90. The summed E-state index contributed by atoms with van der Waals surface area (Å²) in [5.74, 6) is -1.45. The lowest BCUT2D eigenvalue weighted by Crippen LogP contribution is -2.30. The van der Waals surface area contributed by atoms with Crippen molar-refractivity contribution in [2.24, 2.45) is 5.92 Å². The number of carbonyl (C=O) groups is 4. The fourth-order valence-electron chi connectivity index (χ4n) is 11.7. The van der Waals surface area contributed by atoms with E-state index < -0.39 is 97.5 Å². The van der Waals surface area contributed by atoms with Crippen molar-refractivity contribution in [1.82, 2.24) is 0 Å². The number of aliphatic hydroxyl groups excluding tert-OH is 1. The Balaban J connectivity index is 5.16. The van der Waals surface area contributed by atoms with E-state index in [0.29, 0.717) is 31.6 Å². The molecule has 0 bridgehead atoms. The Morgan fingerprint density at radius 3 is 0.716 bits per heavy atom. The van der Waals surface area contributed by atoms with E-state index in [1.807, 2.05) is 0 Å². The smallest absolute Gasteiger partial charge is 0.462 e. The van der Waals surface area contributed by atoms with Gasteiger partial charge >= 0.3 is 39.5 Å². The highest BCUT2D eigenvalue weighted by Gasteiger charge is 2.30. The molecular weight excluding hydrogens is 1250 g/mol. The van der Waals surface area contributed by atoms with Crippen LogP contribution in [-0.2, 0) is 65.4 Å². The highest BCUT2D eigenvalue weighted by atomic mass is 31.2. The van der Waals surface area contributed by atoms with Crippen molar-refractivity contribution in [1.29, 1.82) is 0 Å². The van der Waals surface area contributed by atoms with Gasteiger partial charge in [-0.3, -0.25) is 37.3 Å². The number of hydrogen-bond acceptors (Lipinski definition) is 15. The van der Waals surface area contributed by atoms with E-state index >= 15 is 0 Å². The van der Waals surface area contributed by atoms with Crippen LogP contribution in [0.5, 0.6) is 0 Å². The second-order valence-corrected chi connectivity index (χ2v) is 30.8. The van der Waals surface area contributed by atoms with Crippen LogP contribution in [0.4, 0.5) is 0 Å². The third-order valence-electron chi connectivity index (χ3n) is 17.8. The summed E-state index contributed by atoms with van der Waals surface area (Å²) in [5.41, 5.74) is 0. The van der Waals surface area contributed by atoms with E-state index in [-0.39, 0.29) is 25.7 Å². The van der Waals surface area contributed by atoms with E-state index in [9.17, 15) is 43.2 Å². The number of phosphoric acid groups is 2. The summed E-state index contributed by atoms with van der Waals surface area (Å²) in [5, 5.41) is 10.6. The molecule has 0 aliphatic heterocycles. The summed E-state index contributed by atoms with van der Waals surface area (Å²) in [6.45, 7) is 7.17. The van der Waals surface area contributed by atoms with Crippen molar-refractivity contribution < 1.29 is 80.2 Å². The molecule has 0 radical (unpaired) electrons. The molecule has 0 aromatic heterocycles. The first-order valence-electron chi connectivity index (χ1n) is 39.6. The summed E-state index contributed by atoms with van der Waals surface area (Å²) < 4.78 is 68.4. The average molecular weight is 1400 g/mol. The number of aliphatic hydroxyl groups is 1. The third-order valence-corrected chi connectivity index (χ3v) is 19.7. The van der Waals surface area contributed by atoms with Gasteiger partial charge in [0, 0.05) is 25.7 Å². The van der Waals surface area contributed by atoms with Gasteiger partial charge in [-0.2, -0.15) is 0 Å². The molecule has 0 aromatic carbocycles. The van der Waals surface area contributed by atoms with Crippen molar-refractivity contribution in [2.45, 2.75) is 419 Å². The molecule has 0 heterocycles. The largest absolute Gasteiger partial charge is 0.472 e. The predicted octanol–water partition coefficient (Wildman–Crippen LogP) is 22.5. The zero-order valence-corrected chi connectivity index (χ0v) is 63.6. The lowest BCUT2D eigenvalue weighted by molar-refractivity contribution is -0.161. The van der Waals surface area contributed by atoms with Gasteiger partial charge in [0.05, 0.1) is 26.4 Å². The van der Waals surface area contributed by atoms with Gasteiger partial charge in [0.1, 0.15) is 19.3 Å². The maximum Gasteiger partial charge on any atom is 0.472 e. The second-order valence-electron chi connectivity index (χ2n) is 27.9. The Morgan fingerprint density at radius 2 is 0.484 bits per heavy atom. The Kier molecular flexibility index (Phi) is 67.7. The van der Waals surface area contributed by atoms with Crippen LogP contribution in [0.2, 0.25) is 0 Å². The quantitative estimate of drug-likeness (QED) is 0.0222. The molecule has 0 saturated heterocycles. The average Bonchev–Trinajstić information content (AvgIpc) is 1.48. The molecular formula is C76H148O17P2. The number of hydrogen-bond donors (Lipinski definition) is 3. The van der Waals surface area contributed by atoms with Gasteiger partial charge in [-0.1, -0.05) is 349 Å². The van der Waals surface area contributed by atoms with Crippen LogP contribution in [0.15, 0.2) is 0 Å². The lowest BCUT2D eigenvalue weighted by atomic mass is 10.0. The Morgan fingerprint density at radius 1 is 0.284 bits per heavy atom. The molecule has 0 aromatic rings. The van der Waals surface area contributed by atoms with E-state index in [0.717, 1.165) is 96.3 Å². The van der Waals surface area contributed by atoms with Gasteiger partial charge in [-0.15, -0.1) is 0 Å². The van der Waals surface area contributed by atoms with Gasteiger partial charge in [0.15, 0.2) is 12.2 Å². The molecule has 2 unspecified atom stereocenters. The van der Waals surface area contributed by atoms with Crippen LogP contribution in [0.1, 0.15) is 401 Å². The molecule has 0 saturated carbocycles. The predicted molar refractivity (Wildman–Crippen MR) is 386 cm³/mol. The van der Waals surface area contributed by atoms with Crippen LogP contribution in [-0.4, -0.2) is 96.7 Å². The molecule has 5 atom stereocenters. The van der Waals surface area contributed by atoms with Crippen LogP contribution < -0.4 is 0 Å². The van der Waals surface area contributed by atoms with Gasteiger partial charge in [0.25, 0.3) is 0 Å². The molecule has 95 heavy (non-hydrogen) atoms. The normalized spacial score (nSPS) is 13.9. The lowest BCUT2D eigenvalue weighted by Gasteiger charge is -2.21. The third kappa shape index (κ3) is 70.3. The van der Waals surface area contributed by atoms with Crippen molar-refractivity contribution in [2.75, 3.05) is 39.6 Å². The van der Waals surface area contributed by atoms with Crippen molar-refractivity contribution in [3.8, 4) is 0 Å². The van der Waals surface area contributed by atoms with Crippen LogP contribution in [0.25, 0.3) is 0 Å². The van der Waals surface area contributed by atoms with E-state index in [1.54, 1.807) is 0 Å². The monoisotopic (exact) mass is 1400 g/mol. The molecule has 19 heteroatoms. The van der Waals surface area contributed by atoms with Crippen molar-refractivity contribution in [3.05, 3.63) is 0 Å². The fourth-order valence-corrected chi connectivity index (χ4v) is 13.3. The maximum atomic E-state index is 13.1. The topological polar surface area (TPSA) is 237 Å². The number of ether oxygens (including phenoxy) is 4. The van der Waals surface area contributed by atoms with Gasteiger partial charge in [-0.25, -0.2) is 9.13 Å². The summed E-state index contributed by atoms with van der Waals surface area (Å²) in [6.07, 6.45) is 58.7. The highest BCUT2D eigenvalue weighted by Crippen LogP contribution is 2.45. The second kappa shape index (κ2) is 69.2. The maximum absolute atomic E-state index is 13.1. The minimum absolute atomic E-state index is 0.102. The Bertz CT molecular complexity index is 1820. The van der Waals surface area contributed by atoms with E-state index in [2.05, 4.69) is 34.6 Å². The Hall–Kier alpha value is -1.94. The summed E-state index contributed by atoms with van der Waals surface area (Å²) in [6, 6.07) is 0. The van der Waals surface area contributed by atoms with E-state index in [1.165, 1.54) is 218 Å². The number of esters is 4. The summed E-state index contributed by atoms with van der Waals surface area (Å²) in [4.78, 5) is 72.6. The van der Waals surface area contributed by atoms with Gasteiger partial charge in [0.2, 0.25) is 0 Å². The Labute approximate surface area is 581 Å². The van der Waals surface area contributed by atoms with Crippen LogP contribution in [0, 0.1) is 5.92 Å². The SMILES string of the molecule is CCCCCCCCCCCCCCCCCCCCCCC(=O)O[C@H](COC(=O)CCCCCCCCCCCCCCCCCCCC)COP(=O)(O)OC[C@@H](O)COP(=O)(O)OC[C@@H](COC(=O)CCCCCCCCCC)OC(=O)CCCCCCCCC(C)C. The molecule has 3 N–H and O–H groups in total. The van der Waals surface area contributed by atoms with Crippen molar-refractivity contribution >= 4 is 39.5 Å². The minimum Gasteiger partial charge on any atom is -0.462 e. The van der Waals surface area contributed by atoms with Crippen LogP contribution in [0.3, 0.4) is 0 Å². The highest BCUT2D eigenvalue weighted by molar-refractivity contribution is 7.47. The first kappa shape index (κ1) is 93.1. The summed E-state index contributed by atoms with van der Waals surface area (Å²) >= 11 is 0. The molecule has 0 fully saturated rings. The molecule has 0 spiro atoms. The van der Waals surface area contributed by atoms with Crippen LogP contribution >= 0.6 is 15.6 Å². The van der Waals surface area contributed by atoms with Crippen molar-refractivity contribution in [3.63, 3.8) is 0 Å². The first-order chi connectivity index (χ1) is 46.0. The molecule has 0 rings (SSSR count). The molecule has 17 nitrogen and oxygen atoms in total. The number of unbranched alkanes of at least 4 members (excludes halogenated alkanes) is 48. The van der Waals surface area contributed by atoms with Gasteiger partial charge in [-0.05, 0) is 31.6 Å². The van der Waals surface area contributed by atoms with Gasteiger partial charge < -0.3 is 33.8 Å². The molecule has 0 aliphatic carbocycles. The standard InChI is InChI=1S/C76H148O17P2/c1-6-9-12-15-18-21-23-25-27-29-31-32-34-36-38-40-42-45-51-56-61-75(80)92-71(65-87-74(79)60-55-50-44-41-39-37-35-33-30-28-26-24-22-19-16-13-10-7-2)67-90-94(82,83)88-63-70(77)64-89-95(84,85)91-68-72(66-86-73(78)59-54-49-43-20-17-14-11-8-3)93-76(81)62-57-52-47-46-48-53-58-69(4)5/h69-72,77H,6-68H2,1-5H3,(H,82,83)(H,84,85)/t70-,71-,72-/m1/s1. The molecule has 564 valence electrons. The molecule has 0 amide bonds.